The maximum Gasteiger partial charge on any atom is 0.124 e. The van der Waals surface area contributed by atoms with Crippen molar-refractivity contribution in [3.63, 3.8) is 0 Å². The van der Waals surface area contributed by atoms with E-state index in [0.717, 1.165) is 10.5 Å². The Kier molecular flexibility index (Phi) is 4.56. The molecule has 20 heavy (non-hydrogen) atoms. The lowest BCUT2D eigenvalue weighted by atomic mass is 10.0. The summed E-state index contributed by atoms with van der Waals surface area (Å²) >= 11 is 1.74. The van der Waals surface area contributed by atoms with Crippen molar-refractivity contribution in [1.29, 1.82) is 0 Å². The van der Waals surface area contributed by atoms with Gasteiger partial charge in [-0.25, -0.2) is 4.98 Å². The minimum Gasteiger partial charge on any atom is -0.236 e. The number of hydrogen-bond acceptors (Lipinski definition) is 2. The van der Waals surface area contributed by atoms with Gasteiger partial charge < -0.3 is 0 Å². The third-order valence-corrected chi connectivity index (χ3v) is 3.40. The van der Waals surface area contributed by atoms with Gasteiger partial charge in [-0.2, -0.15) is 0 Å². The van der Waals surface area contributed by atoms with Crippen molar-refractivity contribution >= 4 is 21.6 Å². The van der Waals surface area contributed by atoms with Crippen LogP contribution in [0.1, 0.15) is 27.7 Å². The van der Waals surface area contributed by atoms with E-state index in [2.05, 4.69) is 63.0 Å². The molecule has 0 aliphatic heterocycles. The van der Waals surface area contributed by atoms with Crippen LogP contribution in [0, 0.1) is 5.41 Å². The molecule has 0 unspecified atom stereocenters. The predicted octanol–water partition coefficient (Wildman–Crippen LogP) is 6.02. The van der Waals surface area contributed by atoms with Gasteiger partial charge in [-0.1, -0.05) is 70.2 Å². The second-order valence-corrected chi connectivity index (χ2v) is 7.38. The summed E-state index contributed by atoms with van der Waals surface area (Å²) in [6, 6.07) is 18.5. The van der Waals surface area contributed by atoms with Crippen LogP contribution in [0.15, 0.2) is 54.6 Å². The Morgan fingerprint density at radius 2 is 1.35 bits per heavy atom. The number of thiazole rings is 1. The lowest BCUT2D eigenvalue weighted by molar-refractivity contribution is 0.469. The lowest BCUT2D eigenvalue weighted by Gasteiger charge is -2.05. The Hall–Kier alpha value is -1.67. The van der Waals surface area contributed by atoms with Gasteiger partial charge >= 0.3 is 0 Å². The van der Waals surface area contributed by atoms with Crippen LogP contribution < -0.4 is 0 Å². The van der Waals surface area contributed by atoms with E-state index in [1.807, 2.05) is 24.3 Å². The molecule has 104 valence electrons. The van der Waals surface area contributed by atoms with Gasteiger partial charge in [0.05, 0.1) is 10.2 Å². The Morgan fingerprint density at radius 1 is 0.800 bits per heavy atom. The molecule has 0 saturated heterocycles. The molecule has 0 radical (unpaired) electrons. The van der Waals surface area contributed by atoms with Gasteiger partial charge in [0, 0.05) is 5.56 Å². The Balaban J connectivity index is 0.000000257. The molecule has 1 heterocycles. The fourth-order valence-corrected chi connectivity index (χ4v) is 2.55. The van der Waals surface area contributed by atoms with Gasteiger partial charge in [0.1, 0.15) is 5.01 Å². The predicted molar refractivity (Wildman–Crippen MR) is 90.2 cm³/mol. The van der Waals surface area contributed by atoms with Gasteiger partial charge in [-0.15, -0.1) is 11.3 Å². The maximum atomic E-state index is 4.60. The Labute approximate surface area is 125 Å². The van der Waals surface area contributed by atoms with Crippen LogP contribution in [0.2, 0.25) is 0 Å². The first-order valence-corrected chi connectivity index (χ1v) is 7.66. The summed E-state index contributed by atoms with van der Waals surface area (Å²) in [6.07, 6.45) is 0. The molecule has 2 heteroatoms. The highest BCUT2D eigenvalue weighted by atomic mass is 32.1. The number of fused-ring (bicyclic) bond motifs is 1. The van der Waals surface area contributed by atoms with Crippen LogP contribution in [-0.4, -0.2) is 4.98 Å². The molecule has 0 saturated carbocycles. The van der Waals surface area contributed by atoms with Crippen LogP contribution in [0.4, 0.5) is 0 Å². The monoisotopic (exact) mass is 283 g/mol. The first-order chi connectivity index (χ1) is 9.43. The van der Waals surface area contributed by atoms with Crippen LogP contribution in [0.5, 0.6) is 0 Å². The molecular weight excluding hydrogens is 262 g/mol. The zero-order chi connectivity index (χ0) is 14.6. The molecule has 0 spiro atoms. The third kappa shape index (κ3) is 4.46. The molecule has 3 aromatic rings. The lowest BCUT2D eigenvalue weighted by Crippen LogP contribution is -1.93. The quantitative estimate of drug-likeness (QED) is 0.532. The molecular formula is C18H21NS. The topological polar surface area (TPSA) is 12.9 Å². The molecule has 1 aromatic heterocycles. The summed E-state index contributed by atoms with van der Waals surface area (Å²) in [6.45, 7) is 8.75. The highest BCUT2D eigenvalue weighted by Gasteiger charge is 2.03. The van der Waals surface area contributed by atoms with E-state index >= 15 is 0 Å². The summed E-state index contributed by atoms with van der Waals surface area (Å²) < 4.78 is 1.25. The Morgan fingerprint density at radius 3 is 1.95 bits per heavy atom. The van der Waals surface area contributed by atoms with Crippen molar-refractivity contribution in [3.8, 4) is 10.6 Å². The largest absolute Gasteiger partial charge is 0.236 e. The van der Waals surface area contributed by atoms with Gasteiger partial charge in [-0.05, 0) is 17.5 Å². The summed E-state index contributed by atoms with van der Waals surface area (Å²) in [7, 11) is 0. The molecule has 0 amide bonds. The summed E-state index contributed by atoms with van der Waals surface area (Å²) in [5, 5.41) is 1.09. The van der Waals surface area contributed by atoms with Crippen molar-refractivity contribution < 1.29 is 0 Å². The molecule has 0 aliphatic rings. The fourth-order valence-electron chi connectivity index (χ4n) is 1.58. The Bertz CT molecular complexity index is 623. The van der Waals surface area contributed by atoms with E-state index in [4.69, 9.17) is 0 Å². The van der Waals surface area contributed by atoms with Crippen LogP contribution in [0.3, 0.4) is 0 Å². The number of hydrogen-bond donors (Lipinski definition) is 0. The minimum absolute atomic E-state index is 0.500. The normalized spacial score (nSPS) is 11.0. The molecule has 3 rings (SSSR count). The average Bonchev–Trinajstić information content (AvgIpc) is 2.81. The van der Waals surface area contributed by atoms with Crippen molar-refractivity contribution in [2.45, 2.75) is 27.7 Å². The van der Waals surface area contributed by atoms with E-state index in [1.54, 1.807) is 11.3 Å². The number of nitrogens with zero attached hydrogens (tertiary/aromatic N) is 1. The van der Waals surface area contributed by atoms with Crippen LogP contribution in [0.25, 0.3) is 20.8 Å². The van der Waals surface area contributed by atoms with Crippen molar-refractivity contribution in [1.82, 2.24) is 4.98 Å². The van der Waals surface area contributed by atoms with Gasteiger partial charge in [0.25, 0.3) is 0 Å². The smallest absolute Gasteiger partial charge is 0.124 e. The number of aromatic nitrogens is 1. The number of para-hydroxylation sites is 1. The molecule has 0 fully saturated rings. The van der Waals surface area contributed by atoms with Crippen molar-refractivity contribution in [2.75, 3.05) is 0 Å². The van der Waals surface area contributed by atoms with Gasteiger partial charge in [-0.3, -0.25) is 0 Å². The maximum absolute atomic E-state index is 4.60. The highest BCUT2D eigenvalue weighted by Crippen LogP contribution is 2.29. The molecule has 0 atom stereocenters. The van der Waals surface area contributed by atoms with Crippen molar-refractivity contribution in [3.05, 3.63) is 54.6 Å². The number of rotatable bonds is 1. The third-order valence-electron chi connectivity index (χ3n) is 2.31. The van der Waals surface area contributed by atoms with E-state index in [1.165, 1.54) is 10.3 Å². The van der Waals surface area contributed by atoms with E-state index in [-0.39, 0.29) is 0 Å². The summed E-state index contributed by atoms with van der Waals surface area (Å²) in [5.74, 6) is 0. The van der Waals surface area contributed by atoms with Crippen molar-refractivity contribution in [2.24, 2.45) is 5.41 Å². The first kappa shape index (κ1) is 14.7. The zero-order valence-corrected chi connectivity index (χ0v) is 13.4. The highest BCUT2D eigenvalue weighted by molar-refractivity contribution is 7.21. The second kappa shape index (κ2) is 6.19. The van der Waals surface area contributed by atoms with E-state index in [9.17, 15) is 0 Å². The van der Waals surface area contributed by atoms with E-state index in [0.29, 0.717) is 5.41 Å². The average molecular weight is 283 g/mol. The van der Waals surface area contributed by atoms with Gasteiger partial charge in [0.15, 0.2) is 0 Å². The fraction of sp³-hybridized carbons (Fsp3) is 0.278. The SMILES string of the molecule is CC(C)(C)C.c1ccc(-c2nc3ccccc3s2)cc1. The zero-order valence-electron chi connectivity index (χ0n) is 12.6. The van der Waals surface area contributed by atoms with Crippen LogP contribution >= 0.6 is 11.3 Å². The molecule has 1 nitrogen and oxygen atoms in total. The molecule has 2 aromatic carbocycles. The molecule has 0 bridgehead atoms. The summed E-state index contributed by atoms with van der Waals surface area (Å²) in [4.78, 5) is 4.60. The minimum atomic E-state index is 0.500. The number of benzene rings is 2. The first-order valence-electron chi connectivity index (χ1n) is 6.84. The van der Waals surface area contributed by atoms with Crippen LogP contribution in [-0.2, 0) is 0 Å². The van der Waals surface area contributed by atoms with E-state index < -0.39 is 0 Å². The molecule has 0 aliphatic carbocycles. The van der Waals surface area contributed by atoms with Gasteiger partial charge in [0.2, 0.25) is 0 Å². The second-order valence-electron chi connectivity index (χ2n) is 6.35. The summed E-state index contributed by atoms with van der Waals surface area (Å²) in [5.41, 5.74) is 2.78. The standard InChI is InChI=1S/C13H9NS.C5H12/c1-2-6-10(7-3-1)13-14-11-8-4-5-9-12(11)15-13;1-5(2,3)4/h1-9H;1-4H3. The molecule has 0 N–H and O–H groups in total.